The number of hydrogen-bond donors (Lipinski definition) is 0. The zero-order chi connectivity index (χ0) is 70.5. The molecule has 0 N–H and O–H groups in total. The summed E-state index contributed by atoms with van der Waals surface area (Å²) in [6.45, 7) is 0. The van der Waals surface area contributed by atoms with Gasteiger partial charge in [-0.15, -0.1) is 22.7 Å². The lowest BCUT2D eigenvalue weighted by atomic mass is 9.92. The van der Waals surface area contributed by atoms with E-state index in [1.54, 1.807) is 11.3 Å². The number of nitrogens with zero attached hydrogens (tertiary/aromatic N) is 2. The lowest BCUT2D eigenvalue weighted by Gasteiger charge is -2.21. The van der Waals surface area contributed by atoms with Crippen LogP contribution in [0.1, 0.15) is 0 Å². The Bertz CT molecular complexity index is 6970. The van der Waals surface area contributed by atoms with Crippen molar-refractivity contribution in [2.75, 3.05) is 0 Å². The lowest BCUT2D eigenvalue weighted by Crippen LogP contribution is -2.25. The van der Waals surface area contributed by atoms with Crippen LogP contribution in [0.4, 0.5) is 0 Å². The predicted octanol–water partition coefficient (Wildman–Crippen LogP) is 24.8. The Kier molecular flexibility index (Phi) is 15.5. The number of aromatic nitrogens is 2. The highest BCUT2D eigenvalue weighted by atomic mass is 32.1. The van der Waals surface area contributed by atoms with Crippen LogP contribution in [0.3, 0.4) is 0 Å². The van der Waals surface area contributed by atoms with Gasteiger partial charge in [0.05, 0.1) is 31.8 Å². The molecule has 16 aromatic carbocycles. The molecule has 0 aliphatic carbocycles. The molecule has 0 saturated carbocycles. The van der Waals surface area contributed by atoms with Crippen molar-refractivity contribution in [2.24, 2.45) is 0 Å². The Morgan fingerprint density at radius 1 is 0.217 bits per heavy atom. The van der Waals surface area contributed by atoms with Gasteiger partial charge in [0.15, 0.2) is 14.3 Å². The van der Waals surface area contributed by atoms with E-state index in [1.807, 2.05) is 121 Å². The first-order valence-electron chi connectivity index (χ1n) is 35.7. The van der Waals surface area contributed by atoms with Gasteiger partial charge in [0.2, 0.25) is 0 Å². The molecule has 498 valence electrons. The standard InChI is InChI=1S/C98H62N2O2P2S2/c101-103(73-28-4-1-5-29-73,74-30-6-2-7-31-74)77-34-19-26-69(59-77)67-24-18-25-68(58-67)71-51-55-86-90(62-71)100-96(98-94(86)88-40-15-17-43-92(88)106-98)84-57-56-80(81-37-12-13-38-82(81)84)72-27-20-35-78(60-72)104(102,75-32-8-3-9-33-75)76-52-48-64(49-53-76)63-44-46-65(47-45-63)70-50-54-85-89(61-70)99-95(83-41-21-23-66-22-10-11-36-79(66)83)97-93(85)87-39-14-16-42-91(87)105-97/h1-62H. The van der Waals surface area contributed by atoms with Gasteiger partial charge in [0, 0.05) is 84.7 Å². The monoisotopic (exact) mass is 1420 g/mol. The van der Waals surface area contributed by atoms with Crippen LogP contribution in [0, 0.1) is 0 Å². The lowest BCUT2D eigenvalue weighted by molar-refractivity contribution is 0.591. The predicted molar refractivity (Wildman–Crippen MR) is 455 cm³/mol. The minimum absolute atomic E-state index is 0.762. The van der Waals surface area contributed by atoms with Crippen molar-refractivity contribution in [2.45, 2.75) is 0 Å². The van der Waals surface area contributed by atoms with Crippen LogP contribution in [0.15, 0.2) is 376 Å². The molecule has 0 spiro atoms. The van der Waals surface area contributed by atoms with Gasteiger partial charge < -0.3 is 9.13 Å². The molecule has 0 radical (unpaired) electrons. The Balaban J connectivity index is 0.631. The fraction of sp³-hybridized carbons (Fsp3) is 0. The molecule has 4 nitrogen and oxygen atoms in total. The quantitative estimate of drug-likeness (QED) is 0.108. The van der Waals surface area contributed by atoms with Gasteiger partial charge in [-0.05, 0) is 120 Å². The van der Waals surface area contributed by atoms with E-state index in [0.717, 1.165) is 147 Å². The topological polar surface area (TPSA) is 59.9 Å². The Morgan fingerprint density at radius 3 is 1.09 bits per heavy atom. The van der Waals surface area contributed by atoms with Gasteiger partial charge in [0.1, 0.15) is 0 Å². The normalized spacial score (nSPS) is 12.5. The molecule has 106 heavy (non-hydrogen) atoms. The molecule has 4 heterocycles. The van der Waals surface area contributed by atoms with Crippen molar-refractivity contribution < 1.29 is 9.13 Å². The van der Waals surface area contributed by atoms with E-state index in [9.17, 15) is 0 Å². The highest BCUT2D eigenvalue weighted by Gasteiger charge is 2.32. The van der Waals surface area contributed by atoms with Gasteiger partial charge in [-0.1, -0.05) is 334 Å². The van der Waals surface area contributed by atoms with Gasteiger partial charge in [-0.3, -0.25) is 0 Å². The second-order valence-corrected chi connectivity index (χ2v) is 34.9. The summed E-state index contributed by atoms with van der Waals surface area (Å²) in [5.74, 6) is 0. The van der Waals surface area contributed by atoms with Crippen LogP contribution in [0.5, 0.6) is 0 Å². The van der Waals surface area contributed by atoms with Crippen molar-refractivity contribution in [3.63, 3.8) is 0 Å². The smallest absolute Gasteiger partial charge is 0.171 e. The van der Waals surface area contributed by atoms with Crippen LogP contribution in [-0.2, 0) is 9.13 Å². The summed E-state index contributed by atoms with van der Waals surface area (Å²) in [4.78, 5) is 11.2. The zero-order valence-corrected chi connectivity index (χ0v) is 60.6. The number of benzene rings is 16. The summed E-state index contributed by atoms with van der Waals surface area (Å²) in [7, 11) is -6.65. The summed E-state index contributed by atoms with van der Waals surface area (Å²) in [5.41, 5.74) is 16.5. The maximum Gasteiger partial charge on any atom is 0.171 e. The summed E-state index contributed by atoms with van der Waals surface area (Å²) < 4.78 is 36.9. The van der Waals surface area contributed by atoms with Crippen LogP contribution in [0.25, 0.3) is 162 Å². The molecule has 0 aliphatic heterocycles. The first-order valence-corrected chi connectivity index (χ1v) is 40.7. The maximum atomic E-state index is 16.5. The highest BCUT2D eigenvalue weighted by Crippen LogP contribution is 2.50. The first-order chi connectivity index (χ1) is 52.3. The van der Waals surface area contributed by atoms with Gasteiger partial charge in [0.25, 0.3) is 0 Å². The Morgan fingerprint density at radius 2 is 0.557 bits per heavy atom. The van der Waals surface area contributed by atoms with Gasteiger partial charge in [-0.2, -0.15) is 0 Å². The summed E-state index contributed by atoms with van der Waals surface area (Å²) in [6.07, 6.45) is 0. The molecule has 1 atom stereocenters. The summed E-state index contributed by atoms with van der Waals surface area (Å²) in [6, 6.07) is 131. The van der Waals surface area contributed by atoms with Crippen LogP contribution < -0.4 is 31.8 Å². The second-order valence-electron chi connectivity index (χ2n) is 27.3. The third kappa shape index (κ3) is 10.6. The average molecular weight is 1430 g/mol. The van der Waals surface area contributed by atoms with Crippen molar-refractivity contribution in [3.05, 3.63) is 376 Å². The molecule has 20 aromatic rings. The Hall–Kier alpha value is -12.2. The molecular formula is C98H62N2O2P2S2. The number of pyridine rings is 2. The van der Waals surface area contributed by atoms with Gasteiger partial charge in [-0.25, -0.2) is 9.97 Å². The van der Waals surface area contributed by atoms with Crippen LogP contribution >= 0.6 is 37.0 Å². The number of hydrogen-bond acceptors (Lipinski definition) is 6. The second kappa shape index (κ2) is 25.9. The van der Waals surface area contributed by atoms with Crippen molar-refractivity contribution in [1.82, 2.24) is 9.97 Å². The maximum absolute atomic E-state index is 16.5. The molecule has 4 aromatic heterocycles. The van der Waals surface area contributed by atoms with E-state index in [0.29, 0.717) is 0 Å². The third-order valence-corrected chi connectivity index (χ3v) is 29.7. The molecule has 0 bridgehead atoms. The van der Waals surface area contributed by atoms with E-state index < -0.39 is 14.3 Å². The SMILES string of the molecule is O=P(c1ccccc1)(c1ccccc1)c1cccc(-c2cccc(-c3ccc4c(c3)nc(-c3ccc(-c5cccc(P(=O)(c6ccccc6)c6ccc(-c7ccc(-c8ccc9c(c8)nc(-c8cccc%10ccccc8%10)c8sc%10ccccc%10c89)cc7)cc6)c5)c5ccccc35)c3sc5ccccc5c34)c2)c1. The van der Waals surface area contributed by atoms with Crippen molar-refractivity contribution in [1.29, 1.82) is 0 Å². The van der Waals surface area contributed by atoms with E-state index in [4.69, 9.17) is 9.97 Å². The number of rotatable bonds is 13. The Labute approximate surface area is 621 Å². The minimum atomic E-state index is -3.45. The molecule has 0 saturated heterocycles. The summed E-state index contributed by atoms with van der Waals surface area (Å²) in [5, 5.41) is 16.4. The molecule has 0 aliphatic rings. The minimum Gasteiger partial charge on any atom is -0.309 e. The third-order valence-electron chi connectivity index (χ3n) is 21.2. The largest absolute Gasteiger partial charge is 0.309 e. The molecule has 0 fully saturated rings. The van der Waals surface area contributed by atoms with E-state index in [2.05, 4.69) is 267 Å². The molecule has 20 rings (SSSR count). The molecular weight excluding hydrogens is 1360 g/mol. The van der Waals surface area contributed by atoms with Crippen molar-refractivity contribution >= 4 is 152 Å². The number of thiophene rings is 2. The van der Waals surface area contributed by atoms with Gasteiger partial charge >= 0.3 is 0 Å². The molecule has 1 unspecified atom stereocenters. The zero-order valence-electron chi connectivity index (χ0n) is 57.2. The highest BCUT2D eigenvalue weighted by molar-refractivity contribution is 7.85. The van der Waals surface area contributed by atoms with E-state index in [1.165, 1.54) is 46.4 Å². The molecule has 0 amide bonds. The number of fused-ring (bicyclic) bond motifs is 12. The van der Waals surface area contributed by atoms with Crippen molar-refractivity contribution in [3.8, 4) is 78.1 Å². The van der Waals surface area contributed by atoms with E-state index in [-0.39, 0.29) is 0 Å². The average Bonchev–Trinajstić information content (AvgIpc) is 1.60. The van der Waals surface area contributed by atoms with Crippen LogP contribution in [-0.4, -0.2) is 9.97 Å². The van der Waals surface area contributed by atoms with Crippen LogP contribution in [0.2, 0.25) is 0 Å². The first kappa shape index (κ1) is 63.4. The fourth-order valence-corrected chi connectivity index (χ4v) is 23.9. The molecule has 8 heteroatoms. The summed E-state index contributed by atoms with van der Waals surface area (Å²) >= 11 is 3.61. The fourth-order valence-electron chi connectivity index (χ4n) is 16.0. The van der Waals surface area contributed by atoms with E-state index >= 15 is 9.13 Å².